The van der Waals surface area contributed by atoms with Gasteiger partial charge in [-0.2, -0.15) is 13.2 Å². The number of benzene rings is 1. The molecule has 0 spiro atoms. The molecule has 0 unspecified atom stereocenters. The van der Waals surface area contributed by atoms with E-state index in [4.69, 9.17) is 5.11 Å². The van der Waals surface area contributed by atoms with Crippen LogP contribution in [0, 0.1) is 0 Å². The smallest absolute Gasteiger partial charge is 0.392 e. The summed E-state index contributed by atoms with van der Waals surface area (Å²) in [6.07, 6.45) is 1.18. The molecule has 1 nitrogen and oxygen atoms in total. The maximum Gasteiger partial charge on any atom is 0.416 e. The van der Waals surface area contributed by atoms with Crippen molar-refractivity contribution in [1.29, 1.82) is 0 Å². The van der Waals surface area contributed by atoms with Crippen LogP contribution in [0.15, 0.2) is 18.2 Å². The van der Waals surface area contributed by atoms with E-state index in [1.54, 1.807) is 6.07 Å². The van der Waals surface area contributed by atoms with Gasteiger partial charge in [0.05, 0.1) is 12.2 Å². The summed E-state index contributed by atoms with van der Waals surface area (Å²) in [6.45, 7) is -0.560. The van der Waals surface area contributed by atoms with Gasteiger partial charge >= 0.3 is 6.18 Å². The molecule has 18 heavy (non-hydrogen) atoms. The fourth-order valence-corrected chi connectivity index (χ4v) is 2.71. The van der Waals surface area contributed by atoms with Gasteiger partial charge < -0.3 is 5.11 Å². The van der Waals surface area contributed by atoms with Crippen LogP contribution in [0.1, 0.15) is 54.7 Å². The highest BCUT2D eigenvalue weighted by atomic mass is 19.4. The Labute approximate surface area is 105 Å². The van der Waals surface area contributed by atoms with E-state index in [0.29, 0.717) is 5.92 Å². The third-order valence-corrected chi connectivity index (χ3v) is 3.68. The number of aliphatic hydroxyl groups is 1. The first-order valence-corrected chi connectivity index (χ1v) is 6.33. The molecule has 1 aliphatic rings. The Morgan fingerprint density at radius 1 is 1.11 bits per heavy atom. The van der Waals surface area contributed by atoms with E-state index in [1.807, 2.05) is 0 Å². The number of halogens is 3. The standard InChI is InChI=1S/C14H17F3O/c15-14(16,17)13-7-6-11(8-12(13)9-18)10-4-2-1-3-5-10/h6-8,10,18H,1-5,9H2. The normalized spacial score (nSPS) is 18.0. The van der Waals surface area contributed by atoms with Crippen LogP contribution in [0.4, 0.5) is 13.2 Å². The van der Waals surface area contributed by atoms with E-state index < -0.39 is 18.3 Å². The van der Waals surface area contributed by atoms with Gasteiger partial charge in [-0.3, -0.25) is 0 Å². The summed E-state index contributed by atoms with van der Waals surface area (Å²) >= 11 is 0. The minimum atomic E-state index is -4.39. The minimum Gasteiger partial charge on any atom is -0.392 e. The Balaban J connectivity index is 2.29. The molecular formula is C14H17F3O. The van der Waals surface area contributed by atoms with Gasteiger partial charge in [0, 0.05) is 0 Å². The quantitative estimate of drug-likeness (QED) is 0.841. The van der Waals surface area contributed by atoms with Gasteiger partial charge in [-0.05, 0) is 36.0 Å². The average molecular weight is 258 g/mol. The molecule has 0 aromatic heterocycles. The van der Waals surface area contributed by atoms with Crippen molar-refractivity contribution in [3.63, 3.8) is 0 Å². The second-order valence-corrected chi connectivity index (χ2v) is 4.91. The second kappa shape index (κ2) is 5.31. The van der Waals surface area contributed by atoms with Crippen LogP contribution in [-0.4, -0.2) is 5.11 Å². The molecule has 100 valence electrons. The van der Waals surface area contributed by atoms with Crippen molar-refractivity contribution >= 4 is 0 Å². The van der Waals surface area contributed by atoms with Crippen molar-refractivity contribution in [1.82, 2.24) is 0 Å². The third kappa shape index (κ3) is 2.86. The van der Waals surface area contributed by atoms with Crippen molar-refractivity contribution in [2.75, 3.05) is 0 Å². The predicted octanol–water partition coefficient (Wildman–Crippen LogP) is 4.25. The number of hydrogen-bond acceptors (Lipinski definition) is 1. The Morgan fingerprint density at radius 2 is 1.78 bits per heavy atom. The molecule has 0 amide bonds. The summed E-state index contributed by atoms with van der Waals surface area (Å²) in [7, 11) is 0. The zero-order chi connectivity index (χ0) is 13.2. The lowest BCUT2D eigenvalue weighted by atomic mass is 9.83. The number of alkyl halides is 3. The molecule has 0 saturated heterocycles. The van der Waals surface area contributed by atoms with Crippen molar-refractivity contribution in [3.05, 3.63) is 34.9 Å². The summed E-state index contributed by atoms with van der Waals surface area (Å²) in [5, 5.41) is 9.10. The van der Waals surface area contributed by atoms with E-state index in [2.05, 4.69) is 0 Å². The lowest BCUT2D eigenvalue weighted by molar-refractivity contribution is -0.138. The molecular weight excluding hydrogens is 241 g/mol. The van der Waals surface area contributed by atoms with Crippen LogP contribution in [-0.2, 0) is 12.8 Å². The number of aliphatic hydroxyl groups excluding tert-OH is 1. The first-order chi connectivity index (χ1) is 8.52. The molecule has 0 bridgehead atoms. The maximum absolute atomic E-state index is 12.7. The monoisotopic (exact) mass is 258 g/mol. The number of rotatable bonds is 2. The molecule has 1 aliphatic carbocycles. The van der Waals surface area contributed by atoms with Gasteiger partial charge in [0.1, 0.15) is 0 Å². The lowest BCUT2D eigenvalue weighted by Crippen LogP contribution is -2.11. The van der Waals surface area contributed by atoms with Crippen molar-refractivity contribution < 1.29 is 18.3 Å². The van der Waals surface area contributed by atoms with Crippen LogP contribution >= 0.6 is 0 Å². The SMILES string of the molecule is OCc1cc(C2CCCCC2)ccc1C(F)(F)F. The van der Waals surface area contributed by atoms with E-state index >= 15 is 0 Å². The Morgan fingerprint density at radius 3 is 2.33 bits per heavy atom. The van der Waals surface area contributed by atoms with Gasteiger partial charge in [0.15, 0.2) is 0 Å². The Hall–Kier alpha value is -1.03. The van der Waals surface area contributed by atoms with Gasteiger partial charge in [-0.25, -0.2) is 0 Å². The molecule has 0 atom stereocenters. The largest absolute Gasteiger partial charge is 0.416 e. The fourth-order valence-electron chi connectivity index (χ4n) is 2.71. The second-order valence-electron chi connectivity index (χ2n) is 4.91. The molecule has 1 fully saturated rings. The van der Waals surface area contributed by atoms with Gasteiger partial charge in [0.25, 0.3) is 0 Å². The summed E-state index contributed by atoms with van der Waals surface area (Å²) in [6, 6.07) is 4.20. The van der Waals surface area contributed by atoms with Gasteiger partial charge in [0.2, 0.25) is 0 Å². The van der Waals surface area contributed by atoms with Gasteiger partial charge in [-0.15, -0.1) is 0 Å². The highest BCUT2D eigenvalue weighted by molar-refractivity contribution is 5.35. The lowest BCUT2D eigenvalue weighted by Gasteiger charge is -2.23. The molecule has 1 saturated carbocycles. The van der Waals surface area contributed by atoms with Crippen LogP contribution in [0.25, 0.3) is 0 Å². The third-order valence-electron chi connectivity index (χ3n) is 3.68. The Kier molecular flexibility index (Phi) is 3.95. The highest BCUT2D eigenvalue weighted by Gasteiger charge is 2.33. The molecule has 1 aromatic rings. The first kappa shape index (κ1) is 13.4. The molecule has 1 aromatic carbocycles. The summed E-state index contributed by atoms with van der Waals surface area (Å²) in [5.74, 6) is 0.353. The minimum absolute atomic E-state index is 0.00873. The highest BCUT2D eigenvalue weighted by Crippen LogP contribution is 2.37. The van der Waals surface area contributed by atoms with Crippen LogP contribution in [0.3, 0.4) is 0 Å². The van der Waals surface area contributed by atoms with Crippen LogP contribution in [0.5, 0.6) is 0 Å². The first-order valence-electron chi connectivity index (χ1n) is 6.33. The molecule has 2 rings (SSSR count). The van der Waals surface area contributed by atoms with Crippen LogP contribution < -0.4 is 0 Å². The van der Waals surface area contributed by atoms with Crippen molar-refractivity contribution in [2.24, 2.45) is 0 Å². The van der Waals surface area contributed by atoms with E-state index in [9.17, 15) is 13.2 Å². The Bertz CT molecular complexity index is 406. The maximum atomic E-state index is 12.7. The summed E-state index contributed by atoms with van der Waals surface area (Å²) in [4.78, 5) is 0. The molecule has 4 heteroatoms. The molecule has 1 N–H and O–H groups in total. The summed E-state index contributed by atoms with van der Waals surface area (Å²) < 4.78 is 38.1. The topological polar surface area (TPSA) is 20.2 Å². The van der Waals surface area contributed by atoms with Gasteiger partial charge in [-0.1, -0.05) is 31.4 Å². The van der Waals surface area contributed by atoms with E-state index in [-0.39, 0.29) is 5.56 Å². The average Bonchev–Trinajstić information content (AvgIpc) is 2.38. The van der Waals surface area contributed by atoms with Crippen molar-refractivity contribution in [3.8, 4) is 0 Å². The predicted molar refractivity (Wildman–Crippen MR) is 63.2 cm³/mol. The van der Waals surface area contributed by atoms with Crippen LogP contribution in [0.2, 0.25) is 0 Å². The van der Waals surface area contributed by atoms with E-state index in [0.717, 1.165) is 37.3 Å². The zero-order valence-corrected chi connectivity index (χ0v) is 10.1. The number of hydrogen-bond donors (Lipinski definition) is 1. The van der Waals surface area contributed by atoms with Crippen molar-refractivity contribution in [2.45, 2.75) is 50.8 Å². The molecule has 0 heterocycles. The van der Waals surface area contributed by atoms with E-state index in [1.165, 1.54) is 12.5 Å². The molecule has 0 aliphatic heterocycles. The molecule has 0 radical (unpaired) electrons. The summed E-state index contributed by atoms with van der Waals surface area (Å²) in [5.41, 5.74) is 0.210. The zero-order valence-electron chi connectivity index (χ0n) is 10.1. The fraction of sp³-hybridized carbons (Fsp3) is 0.571.